The normalized spacial score (nSPS) is 13.8. The summed E-state index contributed by atoms with van der Waals surface area (Å²) in [4.78, 5) is 2.46. The van der Waals surface area contributed by atoms with Gasteiger partial charge >= 0.3 is 0 Å². The zero-order valence-corrected chi connectivity index (χ0v) is 8.77. The van der Waals surface area contributed by atoms with Gasteiger partial charge in [0.1, 0.15) is 0 Å². The highest BCUT2D eigenvalue weighted by molar-refractivity contribution is 4.60. The lowest BCUT2D eigenvalue weighted by Gasteiger charge is -2.21. The van der Waals surface area contributed by atoms with E-state index in [2.05, 4.69) is 18.7 Å². The monoisotopic (exact) mass is 171 g/mol. The van der Waals surface area contributed by atoms with Crippen molar-refractivity contribution in [1.82, 2.24) is 10.6 Å². The average Bonchev–Trinajstić information content (AvgIpc) is 2.01. The molecular formula is C10H23N2. The molecule has 0 fully saturated rings. The molecule has 73 valence electrons. The average molecular weight is 171 g/mol. The van der Waals surface area contributed by atoms with E-state index >= 15 is 0 Å². The van der Waals surface area contributed by atoms with Crippen LogP contribution >= 0.6 is 0 Å². The second-order valence-corrected chi connectivity index (χ2v) is 3.53. The molecule has 2 nitrogen and oxygen atoms in total. The predicted octanol–water partition coefficient (Wildman–Crippen LogP) is 2.17. The highest BCUT2D eigenvalue weighted by Gasteiger charge is 2.03. The van der Waals surface area contributed by atoms with Gasteiger partial charge in [0, 0.05) is 6.04 Å². The molecule has 0 aliphatic heterocycles. The van der Waals surface area contributed by atoms with Crippen molar-refractivity contribution in [3.05, 3.63) is 0 Å². The smallest absolute Gasteiger partial charge is 0.0196 e. The van der Waals surface area contributed by atoms with Crippen LogP contribution in [0.1, 0.15) is 40.0 Å². The zero-order valence-electron chi connectivity index (χ0n) is 8.77. The fraction of sp³-hybridized carbons (Fsp3) is 1.00. The fourth-order valence-corrected chi connectivity index (χ4v) is 1.34. The van der Waals surface area contributed by atoms with Gasteiger partial charge in [0.15, 0.2) is 0 Å². The molecule has 1 radical (unpaired) electrons. The second kappa shape index (κ2) is 7.56. The molecule has 0 aromatic rings. The first-order valence-electron chi connectivity index (χ1n) is 5.14. The molecule has 0 aliphatic carbocycles. The molecule has 1 unspecified atom stereocenters. The van der Waals surface area contributed by atoms with E-state index in [4.69, 9.17) is 5.73 Å². The molecule has 0 saturated carbocycles. The van der Waals surface area contributed by atoms with Gasteiger partial charge in [-0.1, -0.05) is 13.8 Å². The lowest BCUT2D eigenvalue weighted by molar-refractivity contribution is 0.265. The minimum absolute atomic E-state index is 0.0983. The first-order chi connectivity index (χ1) is 5.70. The highest BCUT2D eigenvalue weighted by atomic mass is 15.1. The molecule has 1 N–H and O–H groups in total. The molecule has 0 aliphatic rings. The van der Waals surface area contributed by atoms with Crippen LogP contribution in [0.3, 0.4) is 0 Å². The number of hydrogen-bond acceptors (Lipinski definition) is 1. The minimum Gasteiger partial charge on any atom is -0.303 e. The third-order valence-corrected chi connectivity index (χ3v) is 1.96. The van der Waals surface area contributed by atoms with Crippen molar-refractivity contribution < 1.29 is 0 Å². The van der Waals surface area contributed by atoms with Gasteiger partial charge in [-0.25, -0.2) is 0 Å². The van der Waals surface area contributed by atoms with E-state index in [9.17, 15) is 0 Å². The van der Waals surface area contributed by atoms with Crippen LogP contribution < -0.4 is 5.73 Å². The van der Waals surface area contributed by atoms with Crippen molar-refractivity contribution in [2.45, 2.75) is 46.1 Å². The summed E-state index contributed by atoms with van der Waals surface area (Å²) in [6, 6.07) is 0.0983. The summed E-state index contributed by atoms with van der Waals surface area (Å²) in [7, 11) is 0. The van der Waals surface area contributed by atoms with Crippen LogP contribution in [-0.2, 0) is 0 Å². The van der Waals surface area contributed by atoms with Gasteiger partial charge in [-0.3, -0.25) is 5.73 Å². The number of rotatable bonds is 7. The molecule has 0 rings (SSSR count). The Morgan fingerprint density at radius 2 is 1.58 bits per heavy atom. The van der Waals surface area contributed by atoms with Gasteiger partial charge in [0.2, 0.25) is 0 Å². The van der Waals surface area contributed by atoms with Crippen molar-refractivity contribution >= 4 is 0 Å². The van der Waals surface area contributed by atoms with Crippen LogP contribution in [0.2, 0.25) is 0 Å². The minimum atomic E-state index is 0.0983. The molecular weight excluding hydrogens is 148 g/mol. The molecule has 0 saturated heterocycles. The van der Waals surface area contributed by atoms with E-state index in [0.29, 0.717) is 0 Å². The summed E-state index contributed by atoms with van der Waals surface area (Å²) >= 11 is 0. The van der Waals surface area contributed by atoms with E-state index in [1.165, 1.54) is 25.9 Å². The van der Waals surface area contributed by atoms with E-state index in [1.54, 1.807) is 0 Å². The first kappa shape index (κ1) is 11.9. The van der Waals surface area contributed by atoms with Crippen LogP contribution in [-0.4, -0.2) is 30.6 Å². The van der Waals surface area contributed by atoms with Gasteiger partial charge in [-0.2, -0.15) is 0 Å². The Labute approximate surface area is 77.1 Å². The molecule has 1 atom stereocenters. The van der Waals surface area contributed by atoms with Gasteiger partial charge in [0.05, 0.1) is 0 Å². The van der Waals surface area contributed by atoms with Crippen molar-refractivity contribution in [3.63, 3.8) is 0 Å². The molecule has 0 amide bonds. The maximum Gasteiger partial charge on any atom is 0.0196 e. The maximum atomic E-state index is 7.41. The lowest BCUT2D eigenvalue weighted by Crippen LogP contribution is -2.28. The summed E-state index contributed by atoms with van der Waals surface area (Å²) in [6.45, 7) is 9.89. The summed E-state index contributed by atoms with van der Waals surface area (Å²) in [5.41, 5.74) is 7.41. The Kier molecular flexibility index (Phi) is 7.51. The van der Waals surface area contributed by atoms with Gasteiger partial charge in [-0.15, -0.1) is 0 Å². The van der Waals surface area contributed by atoms with E-state index in [-0.39, 0.29) is 6.04 Å². The molecule has 0 aromatic carbocycles. The number of hydrogen-bond donors (Lipinski definition) is 0. The van der Waals surface area contributed by atoms with Crippen LogP contribution in [0.5, 0.6) is 0 Å². The number of nitrogens with one attached hydrogen (secondary N) is 1. The third-order valence-electron chi connectivity index (χ3n) is 1.96. The summed E-state index contributed by atoms with van der Waals surface area (Å²) < 4.78 is 0. The van der Waals surface area contributed by atoms with E-state index in [1.807, 2.05) is 6.92 Å². The summed E-state index contributed by atoms with van der Waals surface area (Å²) in [6.07, 6.45) is 3.47. The van der Waals surface area contributed by atoms with Crippen LogP contribution in [0.4, 0.5) is 0 Å². The second-order valence-electron chi connectivity index (χ2n) is 3.53. The zero-order chi connectivity index (χ0) is 9.40. The fourth-order valence-electron chi connectivity index (χ4n) is 1.34. The van der Waals surface area contributed by atoms with Crippen LogP contribution in [0, 0.1) is 0 Å². The molecule has 2 heteroatoms. The number of nitrogens with zero attached hydrogens (tertiary/aromatic N) is 1. The molecule has 0 aromatic heterocycles. The largest absolute Gasteiger partial charge is 0.303 e. The van der Waals surface area contributed by atoms with Crippen molar-refractivity contribution in [2.75, 3.05) is 19.6 Å². The van der Waals surface area contributed by atoms with Crippen molar-refractivity contribution in [2.24, 2.45) is 0 Å². The maximum absolute atomic E-state index is 7.41. The Morgan fingerprint density at radius 1 is 1.08 bits per heavy atom. The lowest BCUT2D eigenvalue weighted by atomic mass is 10.2. The predicted molar refractivity (Wildman–Crippen MR) is 54.2 cm³/mol. The molecule has 0 heterocycles. The van der Waals surface area contributed by atoms with Crippen LogP contribution in [0.15, 0.2) is 0 Å². The molecule has 12 heavy (non-hydrogen) atoms. The Hall–Kier alpha value is -0.0800. The van der Waals surface area contributed by atoms with Crippen molar-refractivity contribution in [3.8, 4) is 0 Å². The molecule has 0 spiro atoms. The first-order valence-corrected chi connectivity index (χ1v) is 5.14. The van der Waals surface area contributed by atoms with Gasteiger partial charge in [-0.05, 0) is 45.8 Å². The highest BCUT2D eigenvalue weighted by Crippen LogP contribution is 1.98. The quantitative estimate of drug-likeness (QED) is 0.576. The van der Waals surface area contributed by atoms with E-state index in [0.717, 1.165) is 13.0 Å². The Balaban J connectivity index is 3.48. The SMILES string of the molecule is CCCN(CCC)CCC(C)[NH]. The third kappa shape index (κ3) is 6.62. The molecule has 0 bridgehead atoms. The standard InChI is InChI=1S/C10H23N2/c1-4-7-12(8-5-2)9-6-10(3)11/h10-11H,4-9H2,1-3H3. The van der Waals surface area contributed by atoms with E-state index < -0.39 is 0 Å². The summed E-state index contributed by atoms with van der Waals surface area (Å²) in [5, 5.41) is 0. The Morgan fingerprint density at radius 3 is 1.92 bits per heavy atom. The van der Waals surface area contributed by atoms with Crippen LogP contribution in [0.25, 0.3) is 0 Å². The summed E-state index contributed by atoms with van der Waals surface area (Å²) in [5.74, 6) is 0. The van der Waals surface area contributed by atoms with Gasteiger partial charge < -0.3 is 4.90 Å². The van der Waals surface area contributed by atoms with Crippen molar-refractivity contribution in [1.29, 1.82) is 0 Å². The topological polar surface area (TPSA) is 27.0 Å². The Bertz CT molecular complexity index is 85.8. The van der Waals surface area contributed by atoms with Gasteiger partial charge in [0.25, 0.3) is 0 Å².